The molecule has 0 atom stereocenters. The molecule has 0 spiro atoms. The fourth-order valence-electron chi connectivity index (χ4n) is 1.88. The van der Waals surface area contributed by atoms with Crippen LogP contribution in [0.25, 0.3) is 0 Å². The number of rotatable bonds is 8. The second-order valence-electron chi connectivity index (χ2n) is 4.68. The van der Waals surface area contributed by atoms with Gasteiger partial charge in [-0.1, -0.05) is 26.8 Å². The van der Waals surface area contributed by atoms with Crippen molar-refractivity contribution in [1.82, 2.24) is 10.0 Å². The molecule has 0 unspecified atom stereocenters. The van der Waals surface area contributed by atoms with Gasteiger partial charge in [-0.25, -0.2) is 13.1 Å². The Morgan fingerprint density at radius 1 is 1.20 bits per heavy atom. The van der Waals surface area contributed by atoms with Gasteiger partial charge in [0.05, 0.1) is 4.90 Å². The van der Waals surface area contributed by atoms with E-state index >= 15 is 0 Å². The van der Waals surface area contributed by atoms with Crippen LogP contribution >= 0.6 is 15.9 Å². The van der Waals surface area contributed by atoms with Gasteiger partial charge in [0.25, 0.3) is 0 Å². The lowest BCUT2D eigenvalue weighted by Crippen LogP contribution is -2.34. The van der Waals surface area contributed by atoms with Crippen LogP contribution < -0.4 is 10.0 Å². The van der Waals surface area contributed by atoms with Crippen LogP contribution in [0.2, 0.25) is 0 Å². The normalized spacial score (nSPS) is 12.1. The Balaban J connectivity index is 2.95. The van der Waals surface area contributed by atoms with Gasteiger partial charge in [0.15, 0.2) is 0 Å². The van der Waals surface area contributed by atoms with E-state index in [4.69, 9.17) is 0 Å². The van der Waals surface area contributed by atoms with Gasteiger partial charge in [0, 0.05) is 17.1 Å². The summed E-state index contributed by atoms with van der Waals surface area (Å²) in [5.74, 6) is 0. The highest BCUT2D eigenvalue weighted by Gasteiger charge is 2.20. The molecule has 0 aliphatic rings. The third kappa shape index (κ3) is 4.84. The molecule has 0 bridgehead atoms. The molecule has 2 N–H and O–H groups in total. The maximum absolute atomic E-state index is 12.3. The smallest absolute Gasteiger partial charge is 0.241 e. The van der Waals surface area contributed by atoms with Crippen LogP contribution in [0.1, 0.15) is 39.2 Å². The van der Waals surface area contributed by atoms with Crippen molar-refractivity contribution in [2.45, 2.75) is 51.1 Å². The van der Waals surface area contributed by atoms with E-state index in [1.807, 2.05) is 32.9 Å². The summed E-state index contributed by atoms with van der Waals surface area (Å²) in [5.41, 5.74) is 1.06. The second-order valence-corrected chi connectivity index (χ2v) is 7.22. The average molecular weight is 363 g/mol. The molecule has 0 saturated heterocycles. The SMILES string of the molecule is CCNCc1ccc(S(=O)(=O)NC(CC)CC)c(Br)c1. The number of hydrogen-bond donors (Lipinski definition) is 2. The Morgan fingerprint density at radius 2 is 1.85 bits per heavy atom. The second kappa shape index (κ2) is 8.12. The molecule has 20 heavy (non-hydrogen) atoms. The van der Waals surface area contributed by atoms with E-state index in [2.05, 4.69) is 26.0 Å². The van der Waals surface area contributed by atoms with Crippen LogP contribution in [-0.2, 0) is 16.6 Å². The highest BCUT2D eigenvalue weighted by atomic mass is 79.9. The minimum atomic E-state index is -3.47. The van der Waals surface area contributed by atoms with E-state index in [0.29, 0.717) is 9.37 Å². The number of halogens is 1. The third-order valence-corrected chi connectivity index (χ3v) is 5.67. The maximum Gasteiger partial charge on any atom is 0.241 e. The van der Waals surface area contributed by atoms with Gasteiger partial charge >= 0.3 is 0 Å². The molecule has 0 fully saturated rings. The molecule has 0 aliphatic carbocycles. The van der Waals surface area contributed by atoms with Gasteiger partial charge in [-0.15, -0.1) is 0 Å². The molecule has 0 amide bonds. The van der Waals surface area contributed by atoms with Gasteiger partial charge in [-0.3, -0.25) is 0 Å². The minimum Gasteiger partial charge on any atom is -0.313 e. The first-order valence-electron chi connectivity index (χ1n) is 6.96. The average Bonchev–Trinajstić information content (AvgIpc) is 2.42. The van der Waals surface area contributed by atoms with Crippen molar-refractivity contribution in [3.8, 4) is 0 Å². The monoisotopic (exact) mass is 362 g/mol. The van der Waals surface area contributed by atoms with Crippen molar-refractivity contribution in [3.63, 3.8) is 0 Å². The van der Waals surface area contributed by atoms with Crippen molar-refractivity contribution in [1.29, 1.82) is 0 Å². The summed E-state index contributed by atoms with van der Waals surface area (Å²) in [6, 6.07) is 5.33. The van der Waals surface area contributed by atoms with Crippen molar-refractivity contribution in [3.05, 3.63) is 28.2 Å². The van der Waals surface area contributed by atoms with Crippen LogP contribution in [0.15, 0.2) is 27.6 Å². The summed E-state index contributed by atoms with van der Waals surface area (Å²) in [7, 11) is -3.47. The van der Waals surface area contributed by atoms with Crippen molar-refractivity contribution < 1.29 is 8.42 Å². The predicted octanol–water partition coefficient (Wildman–Crippen LogP) is 3.03. The minimum absolute atomic E-state index is 0.0201. The molecule has 0 radical (unpaired) electrons. The lowest BCUT2D eigenvalue weighted by Gasteiger charge is -2.16. The van der Waals surface area contributed by atoms with Crippen LogP contribution in [-0.4, -0.2) is 21.0 Å². The van der Waals surface area contributed by atoms with E-state index in [1.165, 1.54) is 0 Å². The van der Waals surface area contributed by atoms with Gasteiger partial charge < -0.3 is 5.32 Å². The standard InChI is InChI=1S/C14H23BrN2O2S/c1-4-12(5-2)17-20(18,19)14-8-7-11(9-13(14)15)10-16-6-3/h7-9,12,16-17H,4-6,10H2,1-3H3. The van der Waals surface area contributed by atoms with E-state index in [0.717, 1.165) is 31.5 Å². The quantitative estimate of drug-likeness (QED) is 0.747. The maximum atomic E-state index is 12.3. The van der Waals surface area contributed by atoms with E-state index in [1.54, 1.807) is 6.07 Å². The van der Waals surface area contributed by atoms with E-state index < -0.39 is 10.0 Å². The number of hydrogen-bond acceptors (Lipinski definition) is 3. The first kappa shape index (κ1) is 17.6. The molecule has 4 nitrogen and oxygen atoms in total. The van der Waals surface area contributed by atoms with E-state index in [-0.39, 0.29) is 6.04 Å². The molecule has 0 heterocycles. The van der Waals surface area contributed by atoms with Crippen LogP contribution in [0, 0.1) is 0 Å². The lowest BCUT2D eigenvalue weighted by atomic mass is 10.2. The predicted molar refractivity (Wildman–Crippen MR) is 86.2 cm³/mol. The topological polar surface area (TPSA) is 58.2 Å². The molecule has 1 rings (SSSR count). The fraction of sp³-hybridized carbons (Fsp3) is 0.571. The molecule has 0 aromatic heterocycles. The number of sulfonamides is 1. The summed E-state index contributed by atoms with van der Waals surface area (Å²) in [6.45, 7) is 7.60. The highest BCUT2D eigenvalue weighted by Crippen LogP contribution is 2.23. The molecular weight excluding hydrogens is 340 g/mol. The van der Waals surface area contributed by atoms with Crippen molar-refractivity contribution in [2.24, 2.45) is 0 Å². The third-order valence-electron chi connectivity index (χ3n) is 3.17. The van der Waals surface area contributed by atoms with Gasteiger partial charge in [0.2, 0.25) is 10.0 Å². The Labute approximate surface area is 130 Å². The summed E-state index contributed by atoms with van der Waals surface area (Å²) < 4.78 is 28.0. The number of benzene rings is 1. The molecule has 0 aliphatic heterocycles. The largest absolute Gasteiger partial charge is 0.313 e. The summed E-state index contributed by atoms with van der Waals surface area (Å²) in [6.07, 6.45) is 1.57. The van der Waals surface area contributed by atoms with E-state index in [9.17, 15) is 8.42 Å². The molecular formula is C14H23BrN2O2S. The van der Waals surface area contributed by atoms with Gasteiger partial charge in [-0.05, 0) is 53.0 Å². The molecule has 6 heteroatoms. The van der Waals surface area contributed by atoms with Crippen molar-refractivity contribution in [2.75, 3.05) is 6.54 Å². The summed E-state index contributed by atoms with van der Waals surface area (Å²) in [5, 5.41) is 3.21. The Hall–Kier alpha value is -0.430. The van der Waals surface area contributed by atoms with Gasteiger partial charge in [0.1, 0.15) is 0 Å². The van der Waals surface area contributed by atoms with Crippen LogP contribution in [0.4, 0.5) is 0 Å². The molecule has 1 aromatic rings. The summed E-state index contributed by atoms with van der Waals surface area (Å²) >= 11 is 3.36. The first-order chi connectivity index (χ1) is 9.44. The fourth-order valence-corrected chi connectivity index (χ4v) is 4.41. The first-order valence-corrected chi connectivity index (χ1v) is 9.23. The van der Waals surface area contributed by atoms with Crippen molar-refractivity contribution >= 4 is 26.0 Å². The zero-order valence-electron chi connectivity index (χ0n) is 12.2. The Kier molecular flexibility index (Phi) is 7.15. The van der Waals surface area contributed by atoms with Crippen LogP contribution in [0.5, 0.6) is 0 Å². The Morgan fingerprint density at radius 3 is 2.35 bits per heavy atom. The summed E-state index contributed by atoms with van der Waals surface area (Å²) in [4.78, 5) is 0.296. The zero-order chi connectivity index (χ0) is 15.2. The molecule has 1 aromatic carbocycles. The molecule has 114 valence electrons. The number of nitrogens with one attached hydrogen (secondary N) is 2. The highest BCUT2D eigenvalue weighted by molar-refractivity contribution is 9.10. The zero-order valence-corrected chi connectivity index (χ0v) is 14.6. The van der Waals surface area contributed by atoms with Crippen LogP contribution in [0.3, 0.4) is 0 Å². The molecule has 0 saturated carbocycles. The lowest BCUT2D eigenvalue weighted by molar-refractivity contribution is 0.530. The van der Waals surface area contributed by atoms with Gasteiger partial charge in [-0.2, -0.15) is 0 Å². The Bertz CT molecular complexity index is 528.